The van der Waals surface area contributed by atoms with Gasteiger partial charge in [-0.1, -0.05) is 27.7 Å². The maximum absolute atomic E-state index is 13.0. The van der Waals surface area contributed by atoms with Crippen LogP contribution in [0.5, 0.6) is 0 Å². The Hall–Kier alpha value is -2.11. The van der Waals surface area contributed by atoms with Crippen molar-refractivity contribution >= 4 is 17.0 Å². The van der Waals surface area contributed by atoms with Gasteiger partial charge in [-0.3, -0.25) is 14.2 Å². The predicted octanol–water partition coefficient (Wildman–Crippen LogP) is 3.22. The summed E-state index contributed by atoms with van der Waals surface area (Å²) in [5.41, 5.74) is 0.401. The molecule has 0 saturated carbocycles. The average molecular weight is 333 g/mol. The molecule has 6 nitrogen and oxygen atoms in total. The number of carbonyl (C=O) groups is 1. The molecule has 2 aromatic heterocycles. The number of hydrogen-bond acceptors (Lipinski definition) is 4. The smallest absolute Gasteiger partial charge is 0.265 e. The number of aromatic nitrogens is 2. The summed E-state index contributed by atoms with van der Waals surface area (Å²) in [7, 11) is 0. The molecule has 0 radical (unpaired) electrons. The molecule has 0 aliphatic rings. The third-order valence-electron chi connectivity index (χ3n) is 3.90. The molecule has 0 unspecified atom stereocenters. The summed E-state index contributed by atoms with van der Waals surface area (Å²) in [5.74, 6) is 0.626. The topological polar surface area (TPSA) is 68.3 Å². The van der Waals surface area contributed by atoms with Crippen molar-refractivity contribution in [1.29, 1.82) is 0 Å². The molecule has 6 heteroatoms. The number of carbonyl (C=O) groups excluding carboxylic acids is 1. The minimum Gasteiger partial charge on any atom is -0.442 e. The van der Waals surface area contributed by atoms with Gasteiger partial charge in [0.2, 0.25) is 5.71 Å². The van der Waals surface area contributed by atoms with E-state index in [4.69, 9.17) is 4.42 Å². The van der Waals surface area contributed by atoms with Crippen molar-refractivity contribution in [3.8, 4) is 0 Å². The fraction of sp³-hybridized carbons (Fsp3) is 0.611. The Labute approximate surface area is 142 Å². The van der Waals surface area contributed by atoms with Crippen LogP contribution in [0.1, 0.15) is 56.7 Å². The fourth-order valence-electron chi connectivity index (χ4n) is 2.93. The molecule has 0 bridgehead atoms. The second-order valence-corrected chi connectivity index (χ2v) is 6.60. The van der Waals surface area contributed by atoms with Gasteiger partial charge in [-0.2, -0.15) is 0 Å². The lowest BCUT2D eigenvalue weighted by molar-refractivity contribution is 0.0755. The normalized spacial score (nSPS) is 11.4. The number of fused-ring (bicyclic) bond motifs is 1. The van der Waals surface area contributed by atoms with Crippen LogP contribution in [0.25, 0.3) is 11.1 Å². The monoisotopic (exact) mass is 333 g/mol. The number of amides is 1. The molecule has 0 aromatic carbocycles. The fourth-order valence-corrected chi connectivity index (χ4v) is 2.93. The molecule has 1 amide bonds. The van der Waals surface area contributed by atoms with Crippen molar-refractivity contribution in [2.75, 3.05) is 13.1 Å². The van der Waals surface area contributed by atoms with Crippen LogP contribution in [0.4, 0.5) is 0 Å². The number of rotatable bonds is 7. The Balaban J connectivity index is 2.58. The molecule has 0 N–H and O–H groups in total. The van der Waals surface area contributed by atoms with E-state index in [1.54, 1.807) is 16.4 Å². The van der Waals surface area contributed by atoms with Gasteiger partial charge in [0.25, 0.3) is 11.5 Å². The quantitative estimate of drug-likeness (QED) is 0.780. The van der Waals surface area contributed by atoms with Crippen molar-refractivity contribution in [2.45, 2.75) is 54.0 Å². The number of furan rings is 1. The van der Waals surface area contributed by atoms with Crippen molar-refractivity contribution < 1.29 is 9.21 Å². The van der Waals surface area contributed by atoms with Crippen LogP contribution >= 0.6 is 0 Å². The van der Waals surface area contributed by atoms with E-state index in [9.17, 15) is 9.59 Å². The summed E-state index contributed by atoms with van der Waals surface area (Å²) in [6.45, 7) is 11.8. The minimum atomic E-state index is -0.207. The molecule has 0 spiro atoms. The van der Waals surface area contributed by atoms with Crippen LogP contribution in [-0.4, -0.2) is 33.4 Å². The molecular formula is C18H27N3O3. The van der Waals surface area contributed by atoms with Crippen LogP contribution in [0.3, 0.4) is 0 Å². The van der Waals surface area contributed by atoms with Gasteiger partial charge < -0.3 is 9.32 Å². The van der Waals surface area contributed by atoms with Gasteiger partial charge in [0.05, 0.1) is 5.56 Å². The van der Waals surface area contributed by atoms with E-state index < -0.39 is 0 Å². The maximum Gasteiger partial charge on any atom is 0.265 e. The van der Waals surface area contributed by atoms with Crippen molar-refractivity contribution in [3.05, 3.63) is 28.0 Å². The van der Waals surface area contributed by atoms with E-state index >= 15 is 0 Å². The first-order valence-corrected chi connectivity index (χ1v) is 8.68. The van der Waals surface area contributed by atoms with E-state index in [0.717, 1.165) is 12.8 Å². The van der Waals surface area contributed by atoms with E-state index in [-0.39, 0.29) is 17.2 Å². The van der Waals surface area contributed by atoms with Crippen LogP contribution in [0.2, 0.25) is 0 Å². The van der Waals surface area contributed by atoms with E-state index in [1.807, 2.05) is 27.7 Å². The van der Waals surface area contributed by atoms with E-state index in [0.29, 0.717) is 42.3 Å². The molecule has 24 heavy (non-hydrogen) atoms. The van der Waals surface area contributed by atoms with Gasteiger partial charge in [-0.15, -0.1) is 0 Å². The summed E-state index contributed by atoms with van der Waals surface area (Å²) in [4.78, 5) is 31.9. The third kappa shape index (κ3) is 3.52. The summed E-state index contributed by atoms with van der Waals surface area (Å²) in [5, 5.41) is 0.304. The maximum atomic E-state index is 13.0. The van der Waals surface area contributed by atoms with Crippen molar-refractivity contribution in [2.24, 2.45) is 5.92 Å². The minimum absolute atomic E-state index is 0.142. The summed E-state index contributed by atoms with van der Waals surface area (Å²) in [6.07, 6.45) is 3.24. The standard InChI is InChI=1S/C18H27N3O3/c1-6-8-20(9-7-2)17(22)14-13(5)24-16-15(14)18(23)21(11-19-16)10-12(3)4/h11-12H,6-10H2,1-5H3. The molecule has 0 saturated heterocycles. The first kappa shape index (κ1) is 18.2. The van der Waals surface area contributed by atoms with Gasteiger partial charge in [-0.05, 0) is 25.7 Å². The highest BCUT2D eigenvalue weighted by Gasteiger charge is 2.26. The van der Waals surface area contributed by atoms with Crippen molar-refractivity contribution in [1.82, 2.24) is 14.5 Å². The SMILES string of the molecule is CCCN(CCC)C(=O)c1c(C)oc2ncn(CC(C)C)c(=O)c12. The van der Waals surface area contributed by atoms with Gasteiger partial charge in [0.15, 0.2) is 0 Å². The Morgan fingerprint density at radius 3 is 2.46 bits per heavy atom. The first-order valence-electron chi connectivity index (χ1n) is 8.68. The van der Waals surface area contributed by atoms with E-state index in [1.165, 1.54) is 6.33 Å². The number of hydrogen-bond donors (Lipinski definition) is 0. The third-order valence-corrected chi connectivity index (χ3v) is 3.90. The summed E-state index contributed by atoms with van der Waals surface area (Å²) < 4.78 is 7.15. The van der Waals surface area contributed by atoms with Crippen LogP contribution in [0.15, 0.2) is 15.5 Å². The Bertz CT molecular complexity index is 768. The highest BCUT2D eigenvalue weighted by atomic mass is 16.3. The Morgan fingerprint density at radius 2 is 1.92 bits per heavy atom. The van der Waals surface area contributed by atoms with Crippen LogP contribution in [-0.2, 0) is 6.54 Å². The lowest BCUT2D eigenvalue weighted by Gasteiger charge is -2.21. The second-order valence-electron chi connectivity index (χ2n) is 6.60. The second kappa shape index (κ2) is 7.64. The Kier molecular flexibility index (Phi) is 5.80. The zero-order chi connectivity index (χ0) is 17.9. The average Bonchev–Trinajstić information content (AvgIpc) is 2.86. The highest BCUT2D eigenvalue weighted by Crippen LogP contribution is 2.23. The van der Waals surface area contributed by atoms with Crippen molar-refractivity contribution in [3.63, 3.8) is 0 Å². The molecule has 2 aromatic rings. The van der Waals surface area contributed by atoms with Gasteiger partial charge in [-0.25, -0.2) is 4.98 Å². The lowest BCUT2D eigenvalue weighted by Crippen LogP contribution is -2.33. The molecule has 2 rings (SSSR count). The molecule has 0 fully saturated rings. The summed E-state index contributed by atoms with van der Waals surface area (Å²) in [6, 6.07) is 0. The molecule has 2 heterocycles. The molecular weight excluding hydrogens is 306 g/mol. The zero-order valence-corrected chi connectivity index (χ0v) is 15.3. The largest absolute Gasteiger partial charge is 0.442 e. The lowest BCUT2D eigenvalue weighted by atomic mass is 10.1. The number of nitrogens with zero attached hydrogens (tertiary/aromatic N) is 3. The number of aryl methyl sites for hydroxylation is 1. The summed E-state index contributed by atoms with van der Waals surface area (Å²) >= 11 is 0. The predicted molar refractivity (Wildman–Crippen MR) is 94.3 cm³/mol. The molecule has 0 aliphatic carbocycles. The van der Waals surface area contributed by atoms with Crippen LogP contribution in [0, 0.1) is 12.8 Å². The highest BCUT2D eigenvalue weighted by molar-refractivity contribution is 6.06. The first-order chi connectivity index (χ1) is 11.4. The van der Waals surface area contributed by atoms with E-state index in [2.05, 4.69) is 4.98 Å². The Morgan fingerprint density at radius 1 is 1.29 bits per heavy atom. The molecule has 132 valence electrons. The zero-order valence-electron chi connectivity index (χ0n) is 15.3. The van der Waals surface area contributed by atoms with Gasteiger partial charge in [0.1, 0.15) is 17.5 Å². The van der Waals surface area contributed by atoms with Gasteiger partial charge in [0, 0.05) is 19.6 Å². The van der Waals surface area contributed by atoms with Gasteiger partial charge >= 0.3 is 0 Å². The van der Waals surface area contributed by atoms with Crippen LogP contribution < -0.4 is 5.56 Å². The molecule has 0 atom stereocenters. The molecule has 0 aliphatic heterocycles.